The Morgan fingerprint density at radius 3 is 2.38 bits per heavy atom. The minimum atomic E-state index is -4.13. The van der Waals surface area contributed by atoms with Gasteiger partial charge in [0.05, 0.1) is 5.69 Å². The molecule has 0 saturated heterocycles. The first-order valence-electron chi connectivity index (χ1n) is 13.2. The van der Waals surface area contributed by atoms with Gasteiger partial charge < -0.3 is 4.57 Å². The first kappa shape index (κ1) is 26.5. The van der Waals surface area contributed by atoms with Gasteiger partial charge in [0.1, 0.15) is 10.5 Å². The van der Waals surface area contributed by atoms with Crippen molar-refractivity contribution in [1.82, 2.24) is 9.55 Å². The Balaban J connectivity index is 1.36. The third kappa shape index (κ3) is 4.75. The number of fused-ring (bicyclic) bond motifs is 1. The number of benzene rings is 3. The number of para-hydroxylation sites is 1. The predicted octanol–water partition coefficient (Wildman–Crippen LogP) is 7.36. The molecular weight excluding hydrogens is 586 g/mol. The van der Waals surface area contributed by atoms with Gasteiger partial charge in [-0.05, 0) is 95.6 Å². The Bertz CT molecular complexity index is 1860. The van der Waals surface area contributed by atoms with E-state index in [1.165, 1.54) is 35.6 Å². The lowest BCUT2D eigenvalue weighted by Crippen LogP contribution is -2.30. The number of nitrogens with zero attached hydrogens (tertiary/aromatic N) is 3. The molecule has 0 aliphatic heterocycles. The van der Waals surface area contributed by atoms with Crippen LogP contribution in [-0.4, -0.2) is 24.4 Å². The van der Waals surface area contributed by atoms with Crippen molar-refractivity contribution < 1.29 is 13.2 Å². The minimum absolute atomic E-state index is 0.0248. The molecule has 6 nitrogen and oxygen atoms in total. The zero-order chi connectivity index (χ0) is 28.0. The molecular formula is C32H28BrN3O3S. The molecule has 1 fully saturated rings. The summed E-state index contributed by atoms with van der Waals surface area (Å²) in [6.07, 6.45) is 2.77. The van der Waals surface area contributed by atoms with Crippen LogP contribution in [0, 0.1) is 13.8 Å². The van der Waals surface area contributed by atoms with E-state index in [0.29, 0.717) is 34.6 Å². The van der Waals surface area contributed by atoms with Crippen molar-refractivity contribution in [2.75, 3.05) is 4.31 Å². The number of carbonyl (C=O) groups excluding carboxylic acids is 1. The molecule has 0 radical (unpaired) electrons. The zero-order valence-electron chi connectivity index (χ0n) is 22.2. The maximum Gasteiger partial charge on any atom is 0.271 e. The van der Waals surface area contributed by atoms with E-state index in [2.05, 4.69) is 51.7 Å². The summed E-state index contributed by atoms with van der Waals surface area (Å²) in [7, 11) is -4.13. The third-order valence-electron chi connectivity index (χ3n) is 7.44. The Labute approximate surface area is 242 Å². The van der Waals surface area contributed by atoms with E-state index < -0.39 is 10.0 Å². The highest BCUT2D eigenvalue weighted by atomic mass is 79.9. The van der Waals surface area contributed by atoms with E-state index in [1.807, 2.05) is 31.2 Å². The summed E-state index contributed by atoms with van der Waals surface area (Å²) in [6, 6.07) is 26.0. The van der Waals surface area contributed by atoms with E-state index in [0.717, 1.165) is 26.8 Å². The molecule has 6 rings (SSSR count). The number of aryl methyl sites for hydroxylation is 2. The number of anilines is 1. The van der Waals surface area contributed by atoms with Crippen LogP contribution in [0.25, 0.3) is 22.2 Å². The predicted molar refractivity (Wildman–Crippen MR) is 162 cm³/mol. The quantitative estimate of drug-likeness (QED) is 0.171. The number of sulfonamides is 1. The molecule has 2 aromatic heterocycles. The Morgan fingerprint density at radius 1 is 0.975 bits per heavy atom. The van der Waals surface area contributed by atoms with Crippen LogP contribution < -0.4 is 4.31 Å². The normalized spacial score (nSPS) is 13.5. The van der Waals surface area contributed by atoms with Crippen molar-refractivity contribution in [3.05, 3.63) is 112 Å². The number of pyridine rings is 1. The number of hydrogen-bond donors (Lipinski definition) is 0. The van der Waals surface area contributed by atoms with Gasteiger partial charge in [-0.3, -0.25) is 4.79 Å². The van der Waals surface area contributed by atoms with Crippen molar-refractivity contribution in [1.29, 1.82) is 0 Å². The summed E-state index contributed by atoms with van der Waals surface area (Å²) < 4.78 is 30.5. The van der Waals surface area contributed by atoms with Gasteiger partial charge in [0, 0.05) is 33.4 Å². The summed E-state index contributed by atoms with van der Waals surface area (Å²) in [6.45, 7) is 4.87. The number of carbonyl (C=O) groups is 1. The average Bonchev–Trinajstić information content (AvgIpc) is 3.72. The fourth-order valence-corrected chi connectivity index (χ4v) is 7.53. The molecule has 0 N–H and O–H groups in total. The van der Waals surface area contributed by atoms with Crippen molar-refractivity contribution in [3.63, 3.8) is 0 Å². The standard InChI is InChI=1S/C32H28BrN3O3S/c1-21-17-22(2)34-32-27(21)18-30(25-15-16-25)35(32)19-23-11-13-24(14-12-23)26-7-3-5-9-29(26)36(20-37)40(38,39)31-10-6-4-8-28(31)33/h3-14,17-18,20,25H,15-16,19H2,1-2H3. The number of rotatable bonds is 8. The summed E-state index contributed by atoms with van der Waals surface area (Å²) in [5.41, 5.74) is 7.49. The Kier molecular flexibility index (Phi) is 6.84. The lowest BCUT2D eigenvalue weighted by Gasteiger charge is -2.21. The molecule has 1 aliphatic rings. The Hall–Kier alpha value is -3.75. The van der Waals surface area contributed by atoms with Gasteiger partial charge in [-0.25, -0.2) is 17.7 Å². The van der Waals surface area contributed by atoms with Gasteiger partial charge in [-0.2, -0.15) is 0 Å². The topological polar surface area (TPSA) is 72.3 Å². The molecule has 202 valence electrons. The zero-order valence-corrected chi connectivity index (χ0v) is 24.6. The summed E-state index contributed by atoms with van der Waals surface area (Å²) in [4.78, 5) is 17.1. The van der Waals surface area contributed by atoms with Gasteiger partial charge in [-0.1, -0.05) is 54.6 Å². The first-order chi connectivity index (χ1) is 19.3. The lowest BCUT2D eigenvalue weighted by atomic mass is 10.0. The number of amides is 1. The van der Waals surface area contributed by atoms with Crippen molar-refractivity contribution >= 4 is 49.1 Å². The summed E-state index contributed by atoms with van der Waals surface area (Å²) in [5.74, 6) is 0.584. The summed E-state index contributed by atoms with van der Waals surface area (Å²) in [5, 5.41) is 1.21. The number of halogens is 1. The molecule has 1 amide bonds. The summed E-state index contributed by atoms with van der Waals surface area (Å²) >= 11 is 3.31. The molecule has 1 saturated carbocycles. The molecule has 3 aromatic carbocycles. The van der Waals surface area contributed by atoms with Gasteiger partial charge in [0.15, 0.2) is 0 Å². The second kappa shape index (κ2) is 10.3. The third-order valence-corrected chi connectivity index (χ3v) is 10.1. The van der Waals surface area contributed by atoms with E-state index >= 15 is 0 Å². The SMILES string of the molecule is Cc1cc(C)c2cc(C3CC3)n(Cc3ccc(-c4ccccc4N(C=O)S(=O)(=O)c4ccccc4Br)cc3)c2n1. The molecule has 0 bridgehead atoms. The van der Waals surface area contributed by atoms with Crippen molar-refractivity contribution in [2.24, 2.45) is 0 Å². The fourth-order valence-electron chi connectivity index (χ4n) is 5.33. The largest absolute Gasteiger partial charge is 0.325 e. The maximum absolute atomic E-state index is 13.5. The molecule has 40 heavy (non-hydrogen) atoms. The van der Waals surface area contributed by atoms with Gasteiger partial charge in [0.2, 0.25) is 6.41 Å². The van der Waals surface area contributed by atoms with Gasteiger partial charge in [-0.15, -0.1) is 0 Å². The van der Waals surface area contributed by atoms with E-state index in [4.69, 9.17) is 4.98 Å². The molecule has 0 unspecified atom stereocenters. The molecule has 8 heteroatoms. The van der Waals surface area contributed by atoms with E-state index in [1.54, 1.807) is 30.3 Å². The highest BCUT2D eigenvalue weighted by Crippen LogP contribution is 2.43. The van der Waals surface area contributed by atoms with Crippen LogP contribution in [0.15, 0.2) is 94.3 Å². The average molecular weight is 615 g/mol. The number of hydrogen-bond acceptors (Lipinski definition) is 4. The van der Waals surface area contributed by atoms with Gasteiger partial charge in [0.25, 0.3) is 10.0 Å². The molecule has 5 aromatic rings. The number of aromatic nitrogens is 2. The van der Waals surface area contributed by atoms with Crippen LogP contribution >= 0.6 is 15.9 Å². The second-order valence-corrected chi connectivity index (χ2v) is 12.9. The van der Waals surface area contributed by atoms with E-state index in [-0.39, 0.29) is 4.90 Å². The molecule has 0 atom stereocenters. The van der Waals surface area contributed by atoms with E-state index in [9.17, 15) is 13.2 Å². The van der Waals surface area contributed by atoms with Crippen LogP contribution in [0.3, 0.4) is 0 Å². The minimum Gasteiger partial charge on any atom is -0.325 e. The highest BCUT2D eigenvalue weighted by molar-refractivity contribution is 9.10. The van der Waals surface area contributed by atoms with Crippen LogP contribution in [-0.2, 0) is 21.4 Å². The fraction of sp³-hybridized carbons (Fsp3) is 0.188. The molecule has 1 aliphatic carbocycles. The van der Waals surface area contributed by atoms with Crippen LogP contribution in [0.1, 0.15) is 41.3 Å². The molecule has 2 heterocycles. The van der Waals surface area contributed by atoms with Crippen LogP contribution in [0.4, 0.5) is 5.69 Å². The Morgan fingerprint density at radius 2 is 1.68 bits per heavy atom. The lowest BCUT2D eigenvalue weighted by molar-refractivity contribution is -0.106. The smallest absolute Gasteiger partial charge is 0.271 e. The maximum atomic E-state index is 13.5. The van der Waals surface area contributed by atoms with Crippen molar-refractivity contribution in [2.45, 2.75) is 44.0 Å². The van der Waals surface area contributed by atoms with Crippen molar-refractivity contribution in [3.8, 4) is 11.1 Å². The molecule has 0 spiro atoms. The van der Waals surface area contributed by atoms with Crippen LogP contribution in [0.5, 0.6) is 0 Å². The second-order valence-electron chi connectivity index (χ2n) is 10.3. The van der Waals surface area contributed by atoms with Crippen LogP contribution in [0.2, 0.25) is 0 Å². The highest BCUT2D eigenvalue weighted by Gasteiger charge is 2.30. The first-order valence-corrected chi connectivity index (χ1v) is 15.4. The van der Waals surface area contributed by atoms with Gasteiger partial charge >= 0.3 is 0 Å². The monoisotopic (exact) mass is 613 g/mol.